The first-order chi connectivity index (χ1) is 11.8. The van der Waals surface area contributed by atoms with Crippen molar-refractivity contribution in [3.05, 3.63) is 35.8 Å². The summed E-state index contributed by atoms with van der Waals surface area (Å²) >= 11 is 0. The van der Waals surface area contributed by atoms with E-state index in [1.54, 1.807) is 24.5 Å². The molecule has 0 unspecified atom stereocenters. The van der Waals surface area contributed by atoms with Gasteiger partial charge in [0.25, 0.3) is 5.91 Å². The summed E-state index contributed by atoms with van der Waals surface area (Å²) in [6.45, 7) is 4.06. The van der Waals surface area contributed by atoms with Crippen molar-refractivity contribution in [2.45, 2.75) is 32.1 Å². The Kier molecular flexibility index (Phi) is 3.89. The predicted octanol–water partition coefficient (Wildman–Crippen LogP) is 1.06. The molecule has 4 heterocycles. The summed E-state index contributed by atoms with van der Waals surface area (Å²) in [6, 6.07) is 3.51. The SMILES string of the molecule is CCOc1ncccc1C(=O)N1CC[C@H]2OCc3cnnn3[C@H]2C1. The van der Waals surface area contributed by atoms with Gasteiger partial charge in [-0.15, -0.1) is 5.10 Å². The maximum Gasteiger partial charge on any atom is 0.259 e. The van der Waals surface area contributed by atoms with Crippen molar-refractivity contribution in [1.29, 1.82) is 0 Å². The predicted molar refractivity (Wildman–Crippen MR) is 83.6 cm³/mol. The zero-order chi connectivity index (χ0) is 16.5. The van der Waals surface area contributed by atoms with Crippen LogP contribution in [0.5, 0.6) is 5.88 Å². The summed E-state index contributed by atoms with van der Waals surface area (Å²) in [7, 11) is 0. The number of aromatic nitrogens is 4. The molecule has 0 N–H and O–H groups in total. The van der Waals surface area contributed by atoms with Crippen LogP contribution in [0.25, 0.3) is 0 Å². The number of pyridine rings is 1. The Balaban J connectivity index is 1.57. The Bertz CT molecular complexity index is 747. The Hall–Kier alpha value is -2.48. The lowest BCUT2D eigenvalue weighted by molar-refractivity contribution is -0.0605. The van der Waals surface area contributed by atoms with E-state index in [9.17, 15) is 4.79 Å². The van der Waals surface area contributed by atoms with E-state index >= 15 is 0 Å². The number of amides is 1. The summed E-state index contributed by atoms with van der Waals surface area (Å²) in [6.07, 6.45) is 4.19. The molecule has 2 aliphatic rings. The fourth-order valence-electron chi connectivity index (χ4n) is 3.34. The van der Waals surface area contributed by atoms with Crippen LogP contribution in [0.1, 0.15) is 35.4 Å². The highest BCUT2D eigenvalue weighted by Gasteiger charge is 2.38. The van der Waals surface area contributed by atoms with Crippen molar-refractivity contribution in [1.82, 2.24) is 24.9 Å². The first-order valence-electron chi connectivity index (χ1n) is 8.15. The third kappa shape index (κ3) is 2.52. The number of ether oxygens (including phenoxy) is 2. The van der Waals surface area contributed by atoms with Gasteiger partial charge in [0.2, 0.25) is 5.88 Å². The van der Waals surface area contributed by atoms with Crippen molar-refractivity contribution in [3.63, 3.8) is 0 Å². The molecule has 2 aliphatic heterocycles. The number of hydrogen-bond donors (Lipinski definition) is 0. The molecule has 1 amide bonds. The Morgan fingerprint density at radius 3 is 3.29 bits per heavy atom. The summed E-state index contributed by atoms with van der Waals surface area (Å²) in [5.41, 5.74) is 1.44. The van der Waals surface area contributed by atoms with Crippen molar-refractivity contribution in [3.8, 4) is 5.88 Å². The Morgan fingerprint density at radius 1 is 1.50 bits per heavy atom. The average molecular weight is 329 g/mol. The lowest BCUT2D eigenvalue weighted by atomic mass is 9.99. The molecule has 8 nitrogen and oxygen atoms in total. The largest absolute Gasteiger partial charge is 0.477 e. The van der Waals surface area contributed by atoms with Gasteiger partial charge in [-0.1, -0.05) is 5.21 Å². The van der Waals surface area contributed by atoms with Crippen molar-refractivity contribution >= 4 is 5.91 Å². The Morgan fingerprint density at radius 2 is 2.42 bits per heavy atom. The zero-order valence-corrected chi connectivity index (χ0v) is 13.5. The quantitative estimate of drug-likeness (QED) is 0.837. The fourth-order valence-corrected chi connectivity index (χ4v) is 3.34. The van der Waals surface area contributed by atoms with Gasteiger partial charge >= 0.3 is 0 Å². The number of fused-ring (bicyclic) bond motifs is 3. The first kappa shape index (κ1) is 15.1. The molecule has 4 rings (SSSR count). The molecule has 2 aromatic heterocycles. The van der Waals surface area contributed by atoms with Crippen LogP contribution < -0.4 is 4.74 Å². The van der Waals surface area contributed by atoms with E-state index in [1.165, 1.54) is 0 Å². The van der Waals surface area contributed by atoms with E-state index in [1.807, 2.05) is 16.5 Å². The standard InChI is InChI=1S/C16H19N5O3/c1-2-23-15-12(4-3-6-17-15)16(22)20-7-5-14-13(9-20)21-11(10-24-14)8-18-19-21/h3-4,6,8,13-14H,2,5,7,9-10H2,1H3/t13-,14+/m0/s1. The highest BCUT2D eigenvalue weighted by atomic mass is 16.5. The van der Waals surface area contributed by atoms with Gasteiger partial charge in [0.1, 0.15) is 5.56 Å². The van der Waals surface area contributed by atoms with E-state index in [4.69, 9.17) is 9.47 Å². The number of nitrogens with zero attached hydrogens (tertiary/aromatic N) is 5. The van der Waals surface area contributed by atoms with Crippen LogP contribution in [-0.4, -0.2) is 56.6 Å². The van der Waals surface area contributed by atoms with Crippen LogP contribution in [0.4, 0.5) is 0 Å². The van der Waals surface area contributed by atoms with Gasteiger partial charge < -0.3 is 14.4 Å². The van der Waals surface area contributed by atoms with Crippen molar-refractivity contribution < 1.29 is 14.3 Å². The number of likely N-dealkylation sites (tertiary alicyclic amines) is 1. The monoisotopic (exact) mass is 329 g/mol. The topological polar surface area (TPSA) is 82.4 Å². The van der Waals surface area contributed by atoms with E-state index in [0.717, 1.165) is 12.1 Å². The average Bonchev–Trinajstić information content (AvgIpc) is 3.11. The summed E-state index contributed by atoms with van der Waals surface area (Å²) in [5.74, 6) is 0.311. The molecule has 0 aliphatic carbocycles. The molecule has 0 saturated carbocycles. The minimum Gasteiger partial charge on any atom is -0.477 e. The second-order valence-electron chi connectivity index (χ2n) is 5.92. The second-order valence-corrected chi connectivity index (χ2v) is 5.92. The lowest BCUT2D eigenvalue weighted by Crippen LogP contribution is -2.50. The van der Waals surface area contributed by atoms with Crippen molar-refractivity contribution in [2.24, 2.45) is 0 Å². The highest BCUT2D eigenvalue weighted by Crippen LogP contribution is 2.31. The van der Waals surface area contributed by atoms with Crippen LogP contribution in [-0.2, 0) is 11.3 Å². The van der Waals surface area contributed by atoms with E-state index in [0.29, 0.717) is 37.7 Å². The molecular weight excluding hydrogens is 310 g/mol. The normalized spacial score (nSPS) is 22.6. The van der Waals surface area contributed by atoms with E-state index in [2.05, 4.69) is 15.3 Å². The first-order valence-corrected chi connectivity index (χ1v) is 8.15. The van der Waals surface area contributed by atoms with Crippen LogP contribution in [0, 0.1) is 0 Å². The number of hydrogen-bond acceptors (Lipinski definition) is 6. The van der Waals surface area contributed by atoms with Crippen LogP contribution in [0.2, 0.25) is 0 Å². The molecule has 8 heteroatoms. The second kappa shape index (κ2) is 6.20. The molecular formula is C16H19N5O3. The number of piperidine rings is 1. The van der Waals surface area contributed by atoms with Gasteiger partial charge in [0.05, 0.1) is 37.3 Å². The lowest BCUT2D eigenvalue weighted by Gasteiger charge is -2.41. The molecule has 2 aromatic rings. The van der Waals surface area contributed by atoms with Gasteiger partial charge in [-0.25, -0.2) is 9.67 Å². The number of rotatable bonds is 3. The molecule has 0 bridgehead atoms. The Labute approximate surface area is 139 Å². The highest BCUT2D eigenvalue weighted by molar-refractivity contribution is 5.96. The van der Waals surface area contributed by atoms with Crippen LogP contribution in [0.3, 0.4) is 0 Å². The summed E-state index contributed by atoms with van der Waals surface area (Å²) < 4.78 is 13.3. The van der Waals surface area contributed by atoms with Gasteiger partial charge in [-0.05, 0) is 25.5 Å². The zero-order valence-electron chi connectivity index (χ0n) is 13.5. The fraction of sp³-hybridized carbons (Fsp3) is 0.500. The molecule has 126 valence electrons. The number of carbonyl (C=O) groups is 1. The molecule has 24 heavy (non-hydrogen) atoms. The van der Waals surface area contributed by atoms with Gasteiger partial charge in [-0.3, -0.25) is 4.79 Å². The van der Waals surface area contributed by atoms with Gasteiger partial charge in [0.15, 0.2) is 0 Å². The maximum atomic E-state index is 12.9. The van der Waals surface area contributed by atoms with Crippen LogP contribution in [0.15, 0.2) is 24.5 Å². The molecule has 0 radical (unpaired) electrons. The maximum absolute atomic E-state index is 12.9. The molecule has 1 fully saturated rings. The van der Waals surface area contributed by atoms with E-state index in [-0.39, 0.29) is 18.1 Å². The number of carbonyl (C=O) groups excluding carboxylic acids is 1. The van der Waals surface area contributed by atoms with E-state index < -0.39 is 0 Å². The minimum absolute atomic E-state index is 0.00108. The minimum atomic E-state index is -0.0720. The third-order valence-corrected chi connectivity index (χ3v) is 4.50. The van der Waals surface area contributed by atoms with Gasteiger partial charge in [0, 0.05) is 19.3 Å². The molecule has 0 spiro atoms. The molecule has 0 aromatic carbocycles. The van der Waals surface area contributed by atoms with Gasteiger partial charge in [-0.2, -0.15) is 0 Å². The third-order valence-electron chi connectivity index (χ3n) is 4.50. The van der Waals surface area contributed by atoms with Crippen molar-refractivity contribution in [2.75, 3.05) is 19.7 Å². The smallest absolute Gasteiger partial charge is 0.259 e. The summed E-state index contributed by atoms with van der Waals surface area (Å²) in [5, 5.41) is 8.13. The molecule has 2 atom stereocenters. The van der Waals surface area contributed by atoms with Crippen LogP contribution >= 0.6 is 0 Å². The molecule has 1 saturated heterocycles. The summed E-state index contributed by atoms with van der Waals surface area (Å²) in [4.78, 5) is 18.9.